The van der Waals surface area contributed by atoms with Crippen LogP contribution in [0.2, 0.25) is 0 Å². The number of amides is 2. The summed E-state index contributed by atoms with van der Waals surface area (Å²) in [6.45, 7) is 2.65. The summed E-state index contributed by atoms with van der Waals surface area (Å²) in [6, 6.07) is 7.68. The van der Waals surface area contributed by atoms with Crippen LogP contribution in [0.4, 0.5) is 0 Å². The van der Waals surface area contributed by atoms with Gasteiger partial charge < -0.3 is 15.4 Å². The van der Waals surface area contributed by atoms with Crippen LogP contribution in [0.5, 0.6) is 0 Å². The molecule has 0 aromatic heterocycles. The van der Waals surface area contributed by atoms with Gasteiger partial charge in [-0.3, -0.25) is 14.4 Å². The SMILES string of the molecule is CC(C)NC(=O)CNC(=O)COC(=O)CCNS(=O)(=O)c1ccccc1. The third-order valence-electron chi connectivity index (χ3n) is 2.93. The van der Waals surface area contributed by atoms with Crippen molar-refractivity contribution in [3.63, 3.8) is 0 Å². The van der Waals surface area contributed by atoms with Crippen LogP contribution in [0.15, 0.2) is 35.2 Å². The normalized spacial score (nSPS) is 11.0. The summed E-state index contributed by atoms with van der Waals surface area (Å²) in [7, 11) is -3.70. The Bertz CT molecular complexity index is 719. The number of ether oxygens (including phenoxy) is 1. The van der Waals surface area contributed by atoms with E-state index in [2.05, 4.69) is 15.4 Å². The smallest absolute Gasteiger partial charge is 0.307 e. The minimum Gasteiger partial charge on any atom is -0.456 e. The number of esters is 1. The molecule has 1 aromatic carbocycles. The van der Waals surface area contributed by atoms with Gasteiger partial charge in [0, 0.05) is 12.6 Å². The van der Waals surface area contributed by atoms with Crippen molar-refractivity contribution in [2.75, 3.05) is 19.7 Å². The van der Waals surface area contributed by atoms with E-state index < -0.39 is 28.5 Å². The van der Waals surface area contributed by atoms with Gasteiger partial charge in [0.25, 0.3) is 5.91 Å². The van der Waals surface area contributed by atoms with Crippen LogP contribution in [0, 0.1) is 0 Å². The van der Waals surface area contributed by atoms with E-state index in [9.17, 15) is 22.8 Å². The molecular formula is C16H23N3O6S. The lowest BCUT2D eigenvalue weighted by molar-refractivity contribution is -0.148. The van der Waals surface area contributed by atoms with Gasteiger partial charge >= 0.3 is 5.97 Å². The lowest BCUT2D eigenvalue weighted by Gasteiger charge is -2.10. The molecule has 0 bridgehead atoms. The first kappa shape index (κ1) is 21.6. The number of carbonyl (C=O) groups excluding carboxylic acids is 3. The highest BCUT2D eigenvalue weighted by Crippen LogP contribution is 2.06. The first-order chi connectivity index (χ1) is 12.2. The second-order valence-corrected chi connectivity index (χ2v) is 7.39. The van der Waals surface area contributed by atoms with Crippen LogP contribution >= 0.6 is 0 Å². The van der Waals surface area contributed by atoms with E-state index in [-0.39, 0.29) is 36.4 Å². The largest absolute Gasteiger partial charge is 0.456 e. The Morgan fingerprint density at radius 1 is 1.08 bits per heavy atom. The highest BCUT2D eigenvalue weighted by atomic mass is 32.2. The zero-order valence-corrected chi connectivity index (χ0v) is 15.5. The summed E-state index contributed by atoms with van der Waals surface area (Å²) < 4.78 is 30.9. The average molecular weight is 385 g/mol. The fraction of sp³-hybridized carbons (Fsp3) is 0.438. The lowest BCUT2D eigenvalue weighted by Crippen LogP contribution is -2.41. The number of hydrogen-bond donors (Lipinski definition) is 3. The maximum atomic E-state index is 11.9. The Balaban J connectivity index is 2.24. The summed E-state index contributed by atoms with van der Waals surface area (Å²) in [5, 5.41) is 4.90. The van der Waals surface area contributed by atoms with Gasteiger partial charge in [-0.1, -0.05) is 18.2 Å². The van der Waals surface area contributed by atoms with Crippen molar-refractivity contribution < 1.29 is 27.5 Å². The Morgan fingerprint density at radius 2 is 1.73 bits per heavy atom. The molecule has 3 N–H and O–H groups in total. The van der Waals surface area contributed by atoms with Crippen molar-refractivity contribution in [1.82, 2.24) is 15.4 Å². The third kappa shape index (κ3) is 8.58. The van der Waals surface area contributed by atoms with Crippen molar-refractivity contribution in [2.24, 2.45) is 0 Å². The molecule has 0 aliphatic rings. The highest BCUT2D eigenvalue weighted by Gasteiger charge is 2.14. The number of carbonyl (C=O) groups is 3. The van der Waals surface area contributed by atoms with Crippen LogP contribution in [0.1, 0.15) is 20.3 Å². The molecule has 0 saturated heterocycles. The second-order valence-electron chi connectivity index (χ2n) is 5.62. The number of hydrogen-bond acceptors (Lipinski definition) is 6. The highest BCUT2D eigenvalue weighted by molar-refractivity contribution is 7.89. The summed E-state index contributed by atoms with van der Waals surface area (Å²) >= 11 is 0. The van der Waals surface area contributed by atoms with Gasteiger partial charge in [-0.2, -0.15) is 0 Å². The summed E-state index contributed by atoms with van der Waals surface area (Å²) in [5.41, 5.74) is 0. The number of benzene rings is 1. The molecule has 144 valence electrons. The van der Waals surface area contributed by atoms with Crippen LogP contribution < -0.4 is 15.4 Å². The maximum absolute atomic E-state index is 11.9. The zero-order chi connectivity index (χ0) is 19.6. The zero-order valence-electron chi connectivity index (χ0n) is 14.7. The van der Waals surface area contributed by atoms with Gasteiger partial charge in [-0.15, -0.1) is 0 Å². The summed E-state index contributed by atoms with van der Waals surface area (Å²) in [5.74, 6) is -1.71. The fourth-order valence-electron chi connectivity index (χ4n) is 1.79. The molecule has 2 amide bonds. The predicted molar refractivity (Wildman–Crippen MR) is 93.5 cm³/mol. The van der Waals surface area contributed by atoms with E-state index >= 15 is 0 Å². The molecule has 0 saturated carbocycles. The first-order valence-electron chi connectivity index (χ1n) is 7.97. The molecule has 0 aliphatic carbocycles. The van der Waals surface area contributed by atoms with Crippen LogP contribution in [0.3, 0.4) is 0 Å². The van der Waals surface area contributed by atoms with Crippen molar-refractivity contribution in [3.8, 4) is 0 Å². The molecule has 0 unspecified atom stereocenters. The maximum Gasteiger partial charge on any atom is 0.307 e. The van der Waals surface area contributed by atoms with Crippen molar-refractivity contribution in [2.45, 2.75) is 31.2 Å². The third-order valence-corrected chi connectivity index (χ3v) is 4.41. The summed E-state index contributed by atoms with van der Waals surface area (Å²) in [6.07, 6.45) is -0.229. The topological polar surface area (TPSA) is 131 Å². The molecule has 0 aliphatic heterocycles. The lowest BCUT2D eigenvalue weighted by atomic mass is 10.4. The number of rotatable bonds is 10. The number of sulfonamides is 1. The van der Waals surface area contributed by atoms with Gasteiger partial charge in [0.15, 0.2) is 6.61 Å². The van der Waals surface area contributed by atoms with Gasteiger partial charge in [0.1, 0.15) is 0 Å². The Kier molecular flexibility index (Phi) is 8.73. The van der Waals surface area contributed by atoms with Crippen LogP contribution in [0.25, 0.3) is 0 Å². The van der Waals surface area contributed by atoms with E-state index in [4.69, 9.17) is 4.74 Å². The van der Waals surface area contributed by atoms with Crippen molar-refractivity contribution >= 4 is 27.8 Å². The molecule has 0 heterocycles. The number of nitrogens with one attached hydrogen (secondary N) is 3. The Hall–Kier alpha value is -2.46. The average Bonchev–Trinajstić information content (AvgIpc) is 2.58. The molecule has 0 fully saturated rings. The van der Waals surface area contributed by atoms with Crippen molar-refractivity contribution in [3.05, 3.63) is 30.3 Å². The second kappa shape index (κ2) is 10.5. The van der Waals surface area contributed by atoms with Crippen LogP contribution in [-0.4, -0.2) is 51.9 Å². The van der Waals surface area contributed by atoms with E-state index in [1.807, 2.05) is 0 Å². The predicted octanol–water partition coefficient (Wildman–Crippen LogP) is -0.461. The quantitative estimate of drug-likeness (QED) is 0.467. The van der Waals surface area contributed by atoms with Crippen LogP contribution in [-0.2, 0) is 29.1 Å². The van der Waals surface area contributed by atoms with Gasteiger partial charge in [-0.25, -0.2) is 13.1 Å². The van der Waals surface area contributed by atoms with E-state index in [0.717, 1.165) is 0 Å². The first-order valence-corrected chi connectivity index (χ1v) is 9.45. The summed E-state index contributed by atoms with van der Waals surface area (Å²) in [4.78, 5) is 34.5. The monoisotopic (exact) mass is 385 g/mol. The molecule has 10 heteroatoms. The van der Waals surface area contributed by atoms with E-state index in [1.165, 1.54) is 12.1 Å². The Labute approximate surface area is 152 Å². The molecule has 1 aromatic rings. The van der Waals surface area contributed by atoms with Gasteiger partial charge in [-0.05, 0) is 26.0 Å². The minimum absolute atomic E-state index is 0.0445. The van der Waals surface area contributed by atoms with Crippen molar-refractivity contribution in [1.29, 1.82) is 0 Å². The molecule has 0 spiro atoms. The van der Waals surface area contributed by atoms with E-state index in [0.29, 0.717) is 0 Å². The minimum atomic E-state index is -3.70. The molecule has 26 heavy (non-hydrogen) atoms. The molecule has 9 nitrogen and oxygen atoms in total. The molecular weight excluding hydrogens is 362 g/mol. The molecule has 0 radical (unpaired) electrons. The Morgan fingerprint density at radius 3 is 2.35 bits per heavy atom. The molecule has 1 rings (SSSR count). The standard InChI is InChI=1S/C16H23N3O6S/c1-12(2)19-14(20)10-17-15(21)11-25-16(22)8-9-18-26(23,24)13-6-4-3-5-7-13/h3-7,12,18H,8-11H2,1-2H3,(H,17,21)(H,19,20). The van der Waals surface area contributed by atoms with E-state index in [1.54, 1.807) is 32.0 Å². The van der Waals surface area contributed by atoms with Gasteiger partial charge in [0.2, 0.25) is 15.9 Å². The van der Waals surface area contributed by atoms with Gasteiger partial charge in [0.05, 0.1) is 17.9 Å². The fourth-order valence-corrected chi connectivity index (χ4v) is 2.84. The molecule has 0 atom stereocenters.